The minimum Gasteiger partial charge on any atom is -0.478 e. The number of carbonyl (C=O) groups is 1. The second-order valence-electron chi connectivity index (χ2n) is 18.1. The molecular formula is C43H75N3O13. The van der Waals surface area contributed by atoms with Crippen molar-refractivity contribution in [2.24, 2.45) is 17.8 Å². The molecule has 3 aliphatic rings. The van der Waals surface area contributed by atoms with Crippen molar-refractivity contribution in [1.29, 1.82) is 0 Å². The number of carbonyl (C=O) groups excluding carboxylic acids is 1. The maximum absolute atomic E-state index is 14.4. The Morgan fingerprint density at radius 3 is 2.27 bits per heavy atom. The fraction of sp³-hybridized carbons (Fsp3) is 0.860. The number of esters is 1. The second kappa shape index (κ2) is 20.3. The number of nitrogens with one attached hydrogen (secondary N) is 1. The molecule has 16 nitrogen and oxygen atoms in total. The Bertz CT molecular complexity index is 1490. The van der Waals surface area contributed by atoms with Gasteiger partial charge in [-0.15, -0.1) is 0 Å². The Balaban J connectivity index is 1.87. The first-order valence-corrected chi connectivity index (χ1v) is 21.3. The molecule has 4 heterocycles. The van der Waals surface area contributed by atoms with Crippen molar-refractivity contribution in [2.75, 3.05) is 34.9 Å². The van der Waals surface area contributed by atoms with Gasteiger partial charge in [-0.05, 0) is 99.9 Å². The van der Waals surface area contributed by atoms with E-state index in [1.54, 1.807) is 52.9 Å². The van der Waals surface area contributed by atoms with E-state index in [0.717, 1.165) is 0 Å². The number of methoxy groups -OCH3 is 2. The van der Waals surface area contributed by atoms with Crippen LogP contribution in [0.15, 0.2) is 18.3 Å². The number of aliphatic hydroxyl groups is 4. The number of aromatic nitrogens is 1. The molecule has 3 fully saturated rings. The number of likely N-dealkylation sites (N-methyl/N-ethyl adjacent to an activating group) is 2. The number of hydrogen-bond acceptors (Lipinski definition) is 16. The monoisotopic (exact) mass is 842 g/mol. The molecule has 3 saturated heterocycles. The molecule has 1 aromatic rings. The summed E-state index contributed by atoms with van der Waals surface area (Å²) < 4.78 is 50.7. The summed E-state index contributed by atoms with van der Waals surface area (Å²) in [5.41, 5.74) is -4.44. The normalized spacial score (nSPS) is 44.8. The van der Waals surface area contributed by atoms with Crippen molar-refractivity contribution in [3.8, 4) is 11.6 Å². The third-order valence-corrected chi connectivity index (χ3v) is 13.1. The molecule has 0 unspecified atom stereocenters. The van der Waals surface area contributed by atoms with Crippen LogP contribution < -0.4 is 14.8 Å². The van der Waals surface area contributed by atoms with Crippen molar-refractivity contribution in [1.82, 2.24) is 15.2 Å². The molecule has 0 aliphatic carbocycles. The van der Waals surface area contributed by atoms with Gasteiger partial charge in [0.2, 0.25) is 0 Å². The number of nitrogens with zero attached hydrogens (tertiary/aromatic N) is 2. The van der Waals surface area contributed by atoms with E-state index in [1.807, 2.05) is 46.7 Å². The van der Waals surface area contributed by atoms with Gasteiger partial charge in [-0.3, -0.25) is 4.79 Å². The van der Waals surface area contributed by atoms with Gasteiger partial charge in [0.15, 0.2) is 24.4 Å². The first kappa shape index (κ1) is 49.4. The molecule has 0 saturated carbocycles. The van der Waals surface area contributed by atoms with Crippen LogP contribution in [0.1, 0.15) is 94.9 Å². The zero-order valence-corrected chi connectivity index (χ0v) is 37.8. The maximum Gasteiger partial charge on any atom is 0.311 e. The third-order valence-electron chi connectivity index (χ3n) is 13.1. The van der Waals surface area contributed by atoms with E-state index >= 15 is 0 Å². The van der Waals surface area contributed by atoms with Gasteiger partial charge < -0.3 is 68.5 Å². The lowest BCUT2D eigenvalue weighted by atomic mass is 9.77. The Morgan fingerprint density at radius 2 is 1.66 bits per heavy atom. The molecule has 3 aliphatic heterocycles. The van der Waals surface area contributed by atoms with Gasteiger partial charge in [-0.1, -0.05) is 20.8 Å². The number of pyridine rings is 1. The van der Waals surface area contributed by atoms with E-state index in [0.29, 0.717) is 18.7 Å². The average molecular weight is 842 g/mol. The lowest BCUT2D eigenvalue weighted by Gasteiger charge is -2.48. The topological polar surface area (TPSA) is 200 Å². The van der Waals surface area contributed by atoms with Crippen molar-refractivity contribution in [2.45, 2.75) is 185 Å². The van der Waals surface area contributed by atoms with Crippen LogP contribution in [0.25, 0.3) is 0 Å². The zero-order chi connectivity index (χ0) is 44.2. The Morgan fingerprint density at radius 1 is 0.983 bits per heavy atom. The second-order valence-corrected chi connectivity index (χ2v) is 18.1. The van der Waals surface area contributed by atoms with Gasteiger partial charge in [-0.25, -0.2) is 4.98 Å². The standard InChI is InChI=1S/C43H75N3O13/c1-15-31-43(10,51)35(47)27(6)46(12)22-23(2)20-41(8,50)37(59-40-34(29(44-11)19-24(3)54-40)56-30-17-16-18-45-38(30)52-13)25(4)33(26(5)39(49)57-31)58-32-21-42(9,53-14)36(48)28(7)55-32/h16-18,23-29,31-37,40,44,47-48,50-51H,15,19-22H2,1-14H3/t23-,24-,25+,26-,27-,28+,29+,31-,32+,33+,34-,35-,36+,37-,40+,41-,42-,43-/m1/s1. The number of rotatable bonds is 10. The van der Waals surface area contributed by atoms with Gasteiger partial charge in [-0.2, -0.15) is 0 Å². The number of cyclic esters (lactones) is 1. The van der Waals surface area contributed by atoms with E-state index in [1.165, 1.54) is 21.1 Å². The summed E-state index contributed by atoms with van der Waals surface area (Å²) in [6, 6.07) is 2.68. The van der Waals surface area contributed by atoms with Gasteiger partial charge in [0.1, 0.15) is 23.9 Å². The summed E-state index contributed by atoms with van der Waals surface area (Å²) in [5, 5.41) is 50.6. The van der Waals surface area contributed by atoms with Crippen molar-refractivity contribution >= 4 is 5.97 Å². The lowest BCUT2D eigenvalue weighted by molar-refractivity contribution is -0.314. The molecule has 4 rings (SSSR count). The fourth-order valence-corrected chi connectivity index (χ4v) is 9.42. The maximum atomic E-state index is 14.4. The highest BCUT2D eigenvalue weighted by Crippen LogP contribution is 2.41. The molecule has 1 aromatic heterocycles. The SMILES string of the molecule is CC[C@H]1OC(=O)[C@H](C)[C@@H](O[C@H]2C[C@@](C)(OC)[C@@H](O)[C@H](C)O2)[C@H](C)[C@@H](O[C@@H]2O[C@H](C)C[C@H](NC)[C@H]2Oc2cccnc2OC)[C@](C)(O)C[C@@H](C)CN(C)[C@H](C)[C@@H](O)[C@]1(C)O. The summed E-state index contributed by atoms with van der Waals surface area (Å²) in [6.45, 7) is 18.2. The van der Waals surface area contributed by atoms with E-state index < -0.39 is 96.0 Å². The summed E-state index contributed by atoms with van der Waals surface area (Å²) in [5.74, 6) is -1.98. The van der Waals surface area contributed by atoms with Crippen LogP contribution in [0.5, 0.6) is 11.6 Å². The average Bonchev–Trinajstić information content (AvgIpc) is 3.18. The van der Waals surface area contributed by atoms with Crippen LogP contribution in [0.3, 0.4) is 0 Å². The molecule has 16 heteroatoms. The molecule has 0 spiro atoms. The Hall–Kier alpha value is -2.22. The highest BCUT2D eigenvalue weighted by molar-refractivity contribution is 5.73. The predicted molar refractivity (Wildman–Crippen MR) is 219 cm³/mol. The molecule has 0 aromatic carbocycles. The molecular weight excluding hydrogens is 766 g/mol. The Kier molecular flexibility index (Phi) is 17.0. The molecule has 59 heavy (non-hydrogen) atoms. The summed E-state index contributed by atoms with van der Waals surface area (Å²) in [7, 11) is 6.71. The summed E-state index contributed by atoms with van der Waals surface area (Å²) >= 11 is 0. The van der Waals surface area contributed by atoms with E-state index in [-0.39, 0.29) is 43.2 Å². The van der Waals surface area contributed by atoms with Gasteiger partial charge in [0, 0.05) is 38.2 Å². The predicted octanol–water partition coefficient (Wildman–Crippen LogP) is 3.05. The van der Waals surface area contributed by atoms with Crippen LogP contribution >= 0.6 is 0 Å². The van der Waals surface area contributed by atoms with Crippen molar-refractivity contribution < 1.29 is 63.1 Å². The fourth-order valence-electron chi connectivity index (χ4n) is 9.42. The van der Waals surface area contributed by atoms with E-state index in [4.69, 9.17) is 37.9 Å². The summed E-state index contributed by atoms with van der Waals surface area (Å²) in [6.07, 6.45) is -6.39. The summed E-state index contributed by atoms with van der Waals surface area (Å²) in [4.78, 5) is 20.7. The highest BCUT2D eigenvalue weighted by Gasteiger charge is 2.53. The van der Waals surface area contributed by atoms with Crippen LogP contribution in [-0.4, -0.2) is 161 Å². The molecule has 0 bridgehead atoms. The largest absolute Gasteiger partial charge is 0.478 e. The number of hydrogen-bond donors (Lipinski definition) is 5. The van der Waals surface area contributed by atoms with Crippen LogP contribution in [0.4, 0.5) is 0 Å². The minimum absolute atomic E-state index is 0.123. The van der Waals surface area contributed by atoms with Gasteiger partial charge in [0.05, 0.1) is 54.7 Å². The van der Waals surface area contributed by atoms with Crippen LogP contribution in [0, 0.1) is 17.8 Å². The molecule has 340 valence electrons. The quantitative estimate of drug-likeness (QED) is 0.215. The first-order valence-electron chi connectivity index (χ1n) is 21.3. The molecule has 5 N–H and O–H groups in total. The first-order chi connectivity index (χ1) is 27.5. The molecule has 18 atom stereocenters. The lowest BCUT2D eigenvalue weighted by Crippen LogP contribution is -2.61. The highest BCUT2D eigenvalue weighted by atomic mass is 16.7. The van der Waals surface area contributed by atoms with Gasteiger partial charge >= 0.3 is 5.97 Å². The number of ether oxygens (including phenoxy) is 8. The van der Waals surface area contributed by atoms with Crippen molar-refractivity contribution in [3.63, 3.8) is 0 Å². The molecule has 0 amide bonds. The van der Waals surface area contributed by atoms with Gasteiger partial charge in [0.25, 0.3) is 5.88 Å². The number of aliphatic hydroxyl groups excluding tert-OH is 2. The molecule has 0 radical (unpaired) electrons. The zero-order valence-electron chi connectivity index (χ0n) is 37.8. The third kappa shape index (κ3) is 11.2. The Labute approximate surface area is 351 Å². The smallest absolute Gasteiger partial charge is 0.311 e. The van der Waals surface area contributed by atoms with Crippen LogP contribution in [0.2, 0.25) is 0 Å². The van der Waals surface area contributed by atoms with Crippen LogP contribution in [-0.2, 0) is 33.2 Å². The van der Waals surface area contributed by atoms with E-state index in [2.05, 4.69) is 10.3 Å². The van der Waals surface area contributed by atoms with E-state index in [9.17, 15) is 25.2 Å². The minimum atomic E-state index is -1.82. The van der Waals surface area contributed by atoms with Crippen molar-refractivity contribution in [3.05, 3.63) is 18.3 Å².